The molecule has 1 amide bonds. The standard InChI is InChI=1S/C18H14N2OS.ClH/c1-2-20-15-9-5-6-10-16(15)22-17(20)11-14-12-7-3-4-8-13(12)18(21)19-14;/h3-11H,2H2,1H3;1H/b17-11-;. The number of hydrogen-bond donors (Lipinski definition) is 0. The zero-order valence-corrected chi connectivity index (χ0v) is 14.2. The Morgan fingerprint density at radius 2 is 1.78 bits per heavy atom. The van der Waals surface area contributed by atoms with E-state index in [1.807, 2.05) is 30.3 Å². The first kappa shape index (κ1) is 15.8. The predicted molar refractivity (Wildman–Crippen MR) is 98.0 cm³/mol. The number of anilines is 1. The summed E-state index contributed by atoms with van der Waals surface area (Å²) < 4.78 is 0. The summed E-state index contributed by atoms with van der Waals surface area (Å²) in [5.41, 5.74) is 3.60. The molecule has 0 bridgehead atoms. The van der Waals surface area contributed by atoms with Gasteiger partial charge in [-0.25, -0.2) is 4.99 Å². The second kappa shape index (κ2) is 6.22. The van der Waals surface area contributed by atoms with E-state index in [9.17, 15) is 4.79 Å². The van der Waals surface area contributed by atoms with E-state index < -0.39 is 0 Å². The minimum atomic E-state index is -0.147. The monoisotopic (exact) mass is 342 g/mol. The zero-order valence-electron chi connectivity index (χ0n) is 12.5. The maximum atomic E-state index is 12.0. The average Bonchev–Trinajstić information content (AvgIpc) is 3.06. The van der Waals surface area contributed by atoms with E-state index >= 15 is 0 Å². The molecule has 0 saturated carbocycles. The van der Waals surface area contributed by atoms with Crippen molar-refractivity contribution in [1.82, 2.24) is 0 Å². The van der Waals surface area contributed by atoms with Crippen LogP contribution in [0.15, 0.2) is 69.5 Å². The summed E-state index contributed by atoms with van der Waals surface area (Å²) in [7, 11) is 0. The van der Waals surface area contributed by atoms with Gasteiger partial charge >= 0.3 is 0 Å². The summed E-state index contributed by atoms with van der Waals surface area (Å²) in [5, 5.41) is 1.12. The first-order valence-corrected chi connectivity index (χ1v) is 8.08. The molecule has 0 N–H and O–H groups in total. The molecule has 2 aromatic carbocycles. The fourth-order valence-corrected chi connectivity index (χ4v) is 4.00. The van der Waals surface area contributed by atoms with Gasteiger partial charge in [-0.2, -0.15) is 0 Å². The van der Waals surface area contributed by atoms with Crippen LogP contribution >= 0.6 is 24.2 Å². The molecule has 0 atom stereocenters. The van der Waals surface area contributed by atoms with Crippen molar-refractivity contribution in [3.8, 4) is 0 Å². The number of halogens is 1. The van der Waals surface area contributed by atoms with Gasteiger partial charge in [-0.15, -0.1) is 12.4 Å². The van der Waals surface area contributed by atoms with Crippen LogP contribution in [-0.2, 0) is 0 Å². The van der Waals surface area contributed by atoms with Gasteiger partial charge in [0, 0.05) is 17.0 Å². The minimum absolute atomic E-state index is 0. The first-order valence-electron chi connectivity index (χ1n) is 7.26. The molecule has 0 saturated heterocycles. The van der Waals surface area contributed by atoms with Gasteiger partial charge in [-0.3, -0.25) is 4.79 Å². The van der Waals surface area contributed by atoms with Gasteiger partial charge in [0.1, 0.15) is 0 Å². The van der Waals surface area contributed by atoms with Gasteiger partial charge in [0.15, 0.2) is 0 Å². The Morgan fingerprint density at radius 1 is 1.09 bits per heavy atom. The number of para-hydroxylation sites is 1. The van der Waals surface area contributed by atoms with E-state index in [1.165, 1.54) is 10.6 Å². The van der Waals surface area contributed by atoms with Crippen molar-refractivity contribution in [3.63, 3.8) is 0 Å². The lowest BCUT2D eigenvalue weighted by molar-refractivity contribution is 0.101. The van der Waals surface area contributed by atoms with Crippen LogP contribution < -0.4 is 4.90 Å². The molecule has 0 spiro atoms. The van der Waals surface area contributed by atoms with Gasteiger partial charge in [0.25, 0.3) is 5.91 Å². The van der Waals surface area contributed by atoms with Crippen LogP contribution in [0.3, 0.4) is 0 Å². The average molecular weight is 343 g/mol. The Hall–Kier alpha value is -2.04. The minimum Gasteiger partial charge on any atom is -0.335 e. The number of fused-ring (bicyclic) bond motifs is 2. The lowest BCUT2D eigenvalue weighted by Gasteiger charge is -2.17. The van der Waals surface area contributed by atoms with Crippen LogP contribution in [0.5, 0.6) is 0 Å². The molecule has 2 aromatic rings. The second-order valence-electron chi connectivity index (χ2n) is 5.14. The molecule has 116 valence electrons. The highest BCUT2D eigenvalue weighted by Gasteiger charge is 2.26. The van der Waals surface area contributed by atoms with Crippen molar-refractivity contribution in [2.75, 3.05) is 11.4 Å². The van der Waals surface area contributed by atoms with E-state index in [0.29, 0.717) is 5.56 Å². The Morgan fingerprint density at radius 3 is 2.57 bits per heavy atom. The third kappa shape index (κ3) is 2.58. The molecule has 0 unspecified atom stereocenters. The van der Waals surface area contributed by atoms with Crippen molar-refractivity contribution in [1.29, 1.82) is 0 Å². The van der Waals surface area contributed by atoms with Crippen LogP contribution in [0.2, 0.25) is 0 Å². The third-order valence-electron chi connectivity index (χ3n) is 3.87. The quantitative estimate of drug-likeness (QED) is 0.804. The molecule has 0 aromatic heterocycles. The van der Waals surface area contributed by atoms with Gasteiger partial charge in [0.2, 0.25) is 0 Å². The summed E-state index contributed by atoms with van der Waals surface area (Å²) in [4.78, 5) is 19.7. The van der Waals surface area contributed by atoms with Crippen LogP contribution in [-0.4, -0.2) is 18.2 Å². The van der Waals surface area contributed by atoms with Crippen LogP contribution in [0.25, 0.3) is 0 Å². The number of carbonyl (C=O) groups excluding carboxylic acids is 1. The summed E-state index contributed by atoms with van der Waals surface area (Å²) in [6, 6.07) is 16.0. The third-order valence-corrected chi connectivity index (χ3v) is 4.98. The highest BCUT2D eigenvalue weighted by atomic mass is 35.5. The number of allylic oxidation sites excluding steroid dienone is 1. The Balaban J connectivity index is 0.00000156. The molecule has 5 heteroatoms. The van der Waals surface area contributed by atoms with Crippen LogP contribution in [0.4, 0.5) is 5.69 Å². The SMILES string of the molecule is CCN1/C(=C/C2=NC(=O)c3ccccc32)Sc2ccccc21.Cl. The van der Waals surface area contributed by atoms with Crippen molar-refractivity contribution in [2.24, 2.45) is 4.99 Å². The number of hydrogen-bond acceptors (Lipinski definition) is 3. The summed E-state index contributed by atoms with van der Waals surface area (Å²) in [6.45, 7) is 3.02. The molecule has 2 heterocycles. The highest BCUT2D eigenvalue weighted by Crippen LogP contribution is 2.45. The van der Waals surface area contributed by atoms with Crippen molar-refractivity contribution in [3.05, 3.63) is 70.8 Å². The summed E-state index contributed by atoms with van der Waals surface area (Å²) in [5.74, 6) is -0.147. The maximum absolute atomic E-state index is 12.0. The number of carbonyl (C=O) groups is 1. The Labute approximate surface area is 145 Å². The first-order chi connectivity index (χ1) is 10.8. The molecule has 2 aliphatic heterocycles. The van der Waals surface area contributed by atoms with Crippen molar-refractivity contribution in [2.45, 2.75) is 11.8 Å². The maximum Gasteiger partial charge on any atom is 0.278 e. The lowest BCUT2D eigenvalue weighted by Crippen LogP contribution is -2.17. The molecular formula is C18H15ClN2OS. The molecule has 3 nitrogen and oxygen atoms in total. The molecule has 0 fully saturated rings. The Kier molecular flexibility index (Phi) is 4.28. The van der Waals surface area contributed by atoms with Crippen molar-refractivity contribution >= 4 is 41.5 Å². The van der Waals surface area contributed by atoms with Gasteiger partial charge < -0.3 is 4.90 Å². The predicted octanol–water partition coefficient (Wildman–Crippen LogP) is 4.52. The van der Waals surface area contributed by atoms with Gasteiger partial charge in [-0.05, 0) is 31.2 Å². The molecule has 0 radical (unpaired) electrons. The topological polar surface area (TPSA) is 32.7 Å². The number of amides is 1. The van der Waals surface area contributed by atoms with E-state index in [4.69, 9.17) is 0 Å². The molecule has 4 rings (SSSR count). The van der Waals surface area contributed by atoms with E-state index in [0.717, 1.165) is 22.8 Å². The van der Waals surface area contributed by atoms with E-state index in [1.54, 1.807) is 11.8 Å². The number of aliphatic imine (C=N–C) groups is 1. The lowest BCUT2D eigenvalue weighted by atomic mass is 10.1. The largest absolute Gasteiger partial charge is 0.335 e. The highest BCUT2D eigenvalue weighted by molar-refractivity contribution is 8.03. The zero-order chi connectivity index (χ0) is 15.1. The second-order valence-corrected chi connectivity index (χ2v) is 6.21. The normalized spacial score (nSPS) is 16.9. The molecule has 23 heavy (non-hydrogen) atoms. The number of benzene rings is 2. The molecule has 2 aliphatic rings. The van der Waals surface area contributed by atoms with Crippen LogP contribution in [0, 0.1) is 0 Å². The fourth-order valence-electron chi connectivity index (χ4n) is 2.84. The Bertz CT molecular complexity index is 844. The van der Waals surface area contributed by atoms with Gasteiger partial charge in [-0.1, -0.05) is 42.1 Å². The summed E-state index contributed by atoms with van der Waals surface area (Å²) >= 11 is 1.73. The van der Waals surface area contributed by atoms with E-state index in [-0.39, 0.29) is 18.3 Å². The smallest absolute Gasteiger partial charge is 0.278 e. The van der Waals surface area contributed by atoms with Crippen molar-refractivity contribution < 1.29 is 4.79 Å². The number of rotatable bonds is 2. The number of thioether (sulfide) groups is 1. The van der Waals surface area contributed by atoms with Gasteiger partial charge in [0.05, 0.1) is 22.0 Å². The molecule has 0 aliphatic carbocycles. The fraction of sp³-hybridized carbons (Fsp3) is 0.111. The van der Waals surface area contributed by atoms with Crippen LogP contribution in [0.1, 0.15) is 22.8 Å². The summed E-state index contributed by atoms with van der Waals surface area (Å²) in [6.07, 6.45) is 2.03. The van der Waals surface area contributed by atoms with E-state index in [2.05, 4.69) is 41.1 Å². The number of nitrogens with zero attached hydrogens (tertiary/aromatic N) is 2. The molecular weight excluding hydrogens is 328 g/mol.